The van der Waals surface area contributed by atoms with E-state index in [-0.39, 0.29) is 6.04 Å². The lowest BCUT2D eigenvalue weighted by Crippen LogP contribution is -2.17. The second-order valence-corrected chi connectivity index (χ2v) is 4.28. The lowest BCUT2D eigenvalue weighted by atomic mass is 9.86. The molecule has 0 heterocycles. The summed E-state index contributed by atoms with van der Waals surface area (Å²) >= 11 is 0. The summed E-state index contributed by atoms with van der Waals surface area (Å²) in [4.78, 5) is 0. The van der Waals surface area contributed by atoms with Crippen molar-refractivity contribution in [3.63, 3.8) is 0 Å². The van der Waals surface area contributed by atoms with E-state index < -0.39 is 0 Å². The molecular weight excluding hydrogens is 170 g/mol. The molecule has 0 fully saturated rings. The molecule has 76 valence electrons. The lowest BCUT2D eigenvalue weighted by molar-refractivity contribution is 0.569. The minimum atomic E-state index is 0.288. The summed E-state index contributed by atoms with van der Waals surface area (Å²) < 4.78 is 0. The first kappa shape index (κ1) is 9.72. The van der Waals surface area contributed by atoms with E-state index in [2.05, 4.69) is 25.1 Å². The maximum Gasteiger partial charge on any atom is 0.0297 e. The molecule has 2 rings (SSSR count). The second kappa shape index (κ2) is 4.14. The molecule has 0 amide bonds. The third-order valence-corrected chi connectivity index (χ3v) is 3.11. The zero-order chi connectivity index (χ0) is 9.97. The molecule has 1 nitrogen and oxygen atoms in total. The van der Waals surface area contributed by atoms with Gasteiger partial charge in [0.25, 0.3) is 0 Å². The molecule has 14 heavy (non-hydrogen) atoms. The number of nitrogens with two attached hydrogens (primary N) is 1. The van der Waals surface area contributed by atoms with E-state index >= 15 is 0 Å². The van der Waals surface area contributed by atoms with Crippen LogP contribution in [-0.4, -0.2) is 0 Å². The molecule has 0 unspecified atom stereocenters. The van der Waals surface area contributed by atoms with E-state index in [1.165, 1.54) is 42.4 Å². The maximum absolute atomic E-state index is 6.11. The van der Waals surface area contributed by atoms with Crippen LogP contribution in [0.15, 0.2) is 18.2 Å². The molecule has 0 spiro atoms. The molecular formula is C13H19N. The highest BCUT2D eigenvalue weighted by atomic mass is 14.6. The van der Waals surface area contributed by atoms with Crippen LogP contribution in [0, 0.1) is 0 Å². The van der Waals surface area contributed by atoms with Gasteiger partial charge in [-0.05, 0) is 42.4 Å². The predicted octanol–water partition coefficient (Wildman–Crippen LogP) is 2.98. The van der Waals surface area contributed by atoms with Crippen LogP contribution in [0.25, 0.3) is 0 Å². The van der Waals surface area contributed by atoms with Crippen LogP contribution in [0.3, 0.4) is 0 Å². The van der Waals surface area contributed by atoms with Crippen molar-refractivity contribution < 1.29 is 0 Å². The SMILES string of the molecule is CCCc1ccc2c(c1)[C@@H](N)CCC2. The number of hydrogen-bond acceptors (Lipinski definition) is 1. The van der Waals surface area contributed by atoms with E-state index in [1.807, 2.05) is 0 Å². The van der Waals surface area contributed by atoms with E-state index in [1.54, 1.807) is 0 Å². The molecule has 0 radical (unpaired) electrons. The Bertz CT molecular complexity index is 317. The predicted molar refractivity (Wildman–Crippen MR) is 60.3 cm³/mol. The summed E-state index contributed by atoms with van der Waals surface area (Å²) in [5, 5.41) is 0. The first-order valence-corrected chi connectivity index (χ1v) is 5.68. The Labute approximate surface area is 86.3 Å². The lowest BCUT2D eigenvalue weighted by Gasteiger charge is -2.22. The quantitative estimate of drug-likeness (QED) is 0.760. The van der Waals surface area contributed by atoms with Gasteiger partial charge >= 0.3 is 0 Å². The largest absolute Gasteiger partial charge is 0.324 e. The van der Waals surface area contributed by atoms with E-state index in [0.717, 1.165) is 6.42 Å². The van der Waals surface area contributed by atoms with Crippen molar-refractivity contribution in [1.82, 2.24) is 0 Å². The van der Waals surface area contributed by atoms with Gasteiger partial charge in [-0.1, -0.05) is 31.5 Å². The zero-order valence-electron chi connectivity index (χ0n) is 8.92. The molecule has 1 heteroatoms. The number of benzene rings is 1. The minimum Gasteiger partial charge on any atom is -0.324 e. The summed E-state index contributed by atoms with van der Waals surface area (Å²) in [6.07, 6.45) is 6.02. The average Bonchev–Trinajstić information content (AvgIpc) is 2.20. The van der Waals surface area contributed by atoms with Crippen LogP contribution in [0.5, 0.6) is 0 Å². The Hall–Kier alpha value is -0.820. The van der Waals surface area contributed by atoms with Crippen molar-refractivity contribution in [3.05, 3.63) is 34.9 Å². The molecule has 2 N–H and O–H groups in total. The van der Waals surface area contributed by atoms with Gasteiger partial charge in [0.15, 0.2) is 0 Å². The fourth-order valence-electron chi connectivity index (χ4n) is 2.33. The molecule has 0 saturated carbocycles. The van der Waals surface area contributed by atoms with Gasteiger partial charge < -0.3 is 5.73 Å². The van der Waals surface area contributed by atoms with Gasteiger partial charge in [0.1, 0.15) is 0 Å². The van der Waals surface area contributed by atoms with E-state index in [9.17, 15) is 0 Å². The minimum absolute atomic E-state index is 0.288. The fourth-order valence-corrected chi connectivity index (χ4v) is 2.33. The van der Waals surface area contributed by atoms with Crippen LogP contribution in [0.1, 0.15) is 48.9 Å². The van der Waals surface area contributed by atoms with Gasteiger partial charge in [0.2, 0.25) is 0 Å². The third kappa shape index (κ3) is 1.83. The normalized spacial score (nSPS) is 20.6. The highest BCUT2D eigenvalue weighted by Gasteiger charge is 2.16. The second-order valence-electron chi connectivity index (χ2n) is 4.28. The van der Waals surface area contributed by atoms with Crippen LogP contribution in [0.4, 0.5) is 0 Å². The number of rotatable bonds is 2. The van der Waals surface area contributed by atoms with Crippen molar-refractivity contribution >= 4 is 0 Å². The first-order chi connectivity index (χ1) is 6.81. The highest BCUT2D eigenvalue weighted by molar-refractivity contribution is 5.36. The summed E-state index contributed by atoms with van der Waals surface area (Å²) in [6, 6.07) is 7.15. The van der Waals surface area contributed by atoms with Gasteiger partial charge in [-0.3, -0.25) is 0 Å². The van der Waals surface area contributed by atoms with Crippen LogP contribution in [-0.2, 0) is 12.8 Å². The number of fused-ring (bicyclic) bond motifs is 1. The molecule has 0 saturated heterocycles. The maximum atomic E-state index is 6.11. The zero-order valence-corrected chi connectivity index (χ0v) is 8.92. The fraction of sp³-hybridized carbons (Fsp3) is 0.538. The molecule has 1 aliphatic rings. The van der Waals surface area contributed by atoms with Gasteiger partial charge in [-0.25, -0.2) is 0 Å². The highest BCUT2D eigenvalue weighted by Crippen LogP contribution is 2.28. The molecule has 1 atom stereocenters. The molecule has 0 aliphatic heterocycles. The summed E-state index contributed by atoms with van der Waals surface area (Å²) in [5.74, 6) is 0. The summed E-state index contributed by atoms with van der Waals surface area (Å²) in [6.45, 7) is 2.22. The molecule has 0 bridgehead atoms. The third-order valence-electron chi connectivity index (χ3n) is 3.11. The molecule has 0 aromatic heterocycles. The smallest absolute Gasteiger partial charge is 0.0297 e. The Morgan fingerprint density at radius 1 is 1.43 bits per heavy atom. The topological polar surface area (TPSA) is 26.0 Å². The van der Waals surface area contributed by atoms with E-state index in [0.29, 0.717) is 0 Å². The van der Waals surface area contributed by atoms with Crippen molar-refractivity contribution in [1.29, 1.82) is 0 Å². The van der Waals surface area contributed by atoms with Crippen molar-refractivity contribution in [2.75, 3.05) is 0 Å². The average molecular weight is 189 g/mol. The molecule has 1 aromatic rings. The van der Waals surface area contributed by atoms with Crippen LogP contribution >= 0.6 is 0 Å². The Kier molecular flexibility index (Phi) is 2.87. The Morgan fingerprint density at radius 2 is 2.29 bits per heavy atom. The summed E-state index contributed by atoms with van der Waals surface area (Å²) in [5.41, 5.74) is 10.4. The van der Waals surface area contributed by atoms with Crippen molar-refractivity contribution in [3.8, 4) is 0 Å². The van der Waals surface area contributed by atoms with E-state index in [4.69, 9.17) is 5.73 Å². The Balaban J connectivity index is 2.31. The van der Waals surface area contributed by atoms with Gasteiger partial charge in [0, 0.05) is 6.04 Å². The van der Waals surface area contributed by atoms with Gasteiger partial charge in [-0.2, -0.15) is 0 Å². The summed E-state index contributed by atoms with van der Waals surface area (Å²) in [7, 11) is 0. The number of hydrogen-bond donors (Lipinski definition) is 1. The molecule has 1 aromatic carbocycles. The standard InChI is InChI=1S/C13H19N/c1-2-4-10-7-8-11-5-3-6-13(14)12(11)9-10/h7-9,13H,2-6,14H2,1H3/t13-/m0/s1. The van der Waals surface area contributed by atoms with Gasteiger partial charge in [-0.15, -0.1) is 0 Å². The van der Waals surface area contributed by atoms with Crippen LogP contribution in [0.2, 0.25) is 0 Å². The Morgan fingerprint density at radius 3 is 3.07 bits per heavy atom. The van der Waals surface area contributed by atoms with Gasteiger partial charge in [0.05, 0.1) is 0 Å². The monoisotopic (exact) mass is 189 g/mol. The van der Waals surface area contributed by atoms with Crippen molar-refractivity contribution in [2.24, 2.45) is 5.73 Å². The first-order valence-electron chi connectivity index (χ1n) is 5.68. The number of aryl methyl sites for hydroxylation is 2. The van der Waals surface area contributed by atoms with Crippen LogP contribution < -0.4 is 5.73 Å². The molecule has 1 aliphatic carbocycles. The van der Waals surface area contributed by atoms with Crippen molar-refractivity contribution in [2.45, 2.75) is 45.1 Å².